The Morgan fingerprint density at radius 1 is 1.19 bits per heavy atom. The summed E-state index contributed by atoms with van der Waals surface area (Å²) in [7, 11) is 0. The van der Waals surface area contributed by atoms with E-state index in [1.165, 1.54) is 0 Å². The van der Waals surface area contributed by atoms with Crippen LogP contribution in [-0.4, -0.2) is 22.5 Å². The molecule has 0 aliphatic rings. The molecule has 0 aromatic heterocycles. The molecule has 0 bridgehead atoms. The van der Waals surface area contributed by atoms with Gasteiger partial charge in [-0.3, -0.25) is 4.79 Å². The smallest absolute Gasteiger partial charge is 0.155 e. The van der Waals surface area contributed by atoms with Gasteiger partial charge in [-0.15, -0.1) is 0 Å². The molecular weight excluding hydrogens is 262 g/mol. The summed E-state index contributed by atoms with van der Waals surface area (Å²) in [5.74, 6) is 0.504. The Kier molecular flexibility index (Phi) is 5.21. The third kappa shape index (κ3) is 5.50. The summed E-state index contributed by atoms with van der Waals surface area (Å²) in [4.78, 5) is 12.7. The highest BCUT2D eigenvalue weighted by atomic mass is 16.3. The fraction of sp³-hybridized carbons (Fsp3) is 0.611. The van der Waals surface area contributed by atoms with Crippen LogP contribution >= 0.6 is 0 Å². The van der Waals surface area contributed by atoms with E-state index in [4.69, 9.17) is 0 Å². The van der Waals surface area contributed by atoms with Crippen molar-refractivity contribution in [2.75, 3.05) is 0 Å². The first-order valence-corrected chi connectivity index (χ1v) is 7.50. The number of rotatable bonds is 4. The molecule has 118 valence electrons. The van der Waals surface area contributed by atoms with Crippen molar-refractivity contribution in [1.29, 1.82) is 0 Å². The Morgan fingerprint density at radius 3 is 2.19 bits per heavy atom. The van der Waals surface area contributed by atoms with Gasteiger partial charge in [0.25, 0.3) is 0 Å². The maximum Gasteiger partial charge on any atom is 0.155 e. The molecule has 3 nitrogen and oxygen atoms in total. The number of aryl methyl sites for hydroxylation is 1. The Bertz CT molecular complexity index is 507. The summed E-state index contributed by atoms with van der Waals surface area (Å²) >= 11 is 0. The van der Waals surface area contributed by atoms with Crippen LogP contribution in [0, 0.1) is 12.3 Å². The van der Waals surface area contributed by atoms with E-state index in [0.717, 1.165) is 11.1 Å². The standard InChI is InChI=1S/C18H29NO2/c1-12-10-13(8-9-15(12)20)11-14(19-18(5,6)7)16(21)17(2,3)4/h8-10,14,19-20H,11H2,1-7H3/t14-/m0/s1. The van der Waals surface area contributed by atoms with Gasteiger partial charge < -0.3 is 10.4 Å². The van der Waals surface area contributed by atoms with Crippen LogP contribution in [0.15, 0.2) is 18.2 Å². The van der Waals surface area contributed by atoms with E-state index in [1.807, 2.05) is 39.8 Å². The third-order valence-corrected chi connectivity index (χ3v) is 3.36. The molecule has 0 spiro atoms. The average Bonchev–Trinajstić information content (AvgIpc) is 2.29. The van der Waals surface area contributed by atoms with Gasteiger partial charge in [-0.2, -0.15) is 0 Å². The van der Waals surface area contributed by atoms with Crippen LogP contribution < -0.4 is 5.32 Å². The van der Waals surface area contributed by atoms with Gasteiger partial charge in [0, 0.05) is 11.0 Å². The van der Waals surface area contributed by atoms with Crippen LogP contribution in [0.1, 0.15) is 52.7 Å². The number of phenols is 1. The molecule has 0 radical (unpaired) electrons. The van der Waals surface area contributed by atoms with Gasteiger partial charge in [-0.05, 0) is 51.3 Å². The second-order valence-corrected chi connectivity index (χ2v) is 7.89. The van der Waals surface area contributed by atoms with Crippen LogP contribution in [0.5, 0.6) is 5.75 Å². The van der Waals surface area contributed by atoms with Crippen molar-refractivity contribution < 1.29 is 9.90 Å². The number of benzene rings is 1. The van der Waals surface area contributed by atoms with Gasteiger partial charge in [0.2, 0.25) is 0 Å². The maximum absolute atomic E-state index is 12.7. The zero-order valence-corrected chi connectivity index (χ0v) is 14.4. The molecule has 2 N–H and O–H groups in total. The Morgan fingerprint density at radius 2 is 1.76 bits per heavy atom. The van der Waals surface area contributed by atoms with Gasteiger partial charge in [-0.1, -0.05) is 32.9 Å². The fourth-order valence-electron chi connectivity index (χ4n) is 2.33. The van der Waals surface area contributed by atoms with Crippen LogP contribution in [0.4, 0.5) is 0 Å². The highest BCUT2D eigenvalue weighted by Gasteiger charge is 2.32. The lowest BCUT2D eigenvalue weighted by Crippen LogP contribution is -2.51. The SMILES string of the molecule is Cc1cc(C[C@H](NC(C)(C)C)C(=O)C(C)(C)C)ccc1O. The molecular formula is C18H29NO2. The van der Waals surface area contributed by atoms with E-state index in [-0.39, 0.29) is 22.8 Å². The number of aromatic hydroxyl groups is 1. The minimum atomic E-state index is -0.380. The van der Waals surface area contributed by atoms with E-state index < -0.39 is 0 Å². The molecule has 0 aliphatic carbocycles. The highest BCUT2D eigenvalue weighted by Crippen LogP contribution is 2.23. The molecule has 21 heavy (non-hydrogen) atoms. The summed E-state index contributed by atoms with van der Waals surface area (Å²) in [6.07, 6.45) is 0.633. The number of Topliss-reactive ketones (excluding diaryl/α,β-unsaturated/α-hetero) is 1. The number of hydrogen-bond donors (Lipinski definition) is 2. The van der Waals surface area contributed by atoms with Crippen molar-refractivity contribution in [3.63, 3.8) is 0 Å². The number of carbonyl (C=O) groups is 1. The summed E-state index contributed by atoms with van der Waals surface area (Å²) < 4.78 is 0. The number of ketones is 1. The first-order valence-electron chi connectivity index (χ1n) is 7.50. The van der Waals surface area contributed by atoms with Crippen molar-refractivity contribution in [3.8, 4) is 5.75 Å². The van der Waals surface area contributed by atoms with Crippen molar-refractivity contribution in [2.45, 2.75) is 66.5 Å². The molecule has 1 aromatic rings. The summed E-state index contributed by atoms with van der Waals surface area (Å²) in [6.45, 7) is 13.9. The van der Waals surface area contributed by atoms with Gasteiger partial charge in [-0.25, -0.2) is 0 Å². The van der Waals surface area contributed by atoms with Crippen LogP contribution in [0.2, 0.25) is 0 Å². The molecule has 0 fully saturated rings. The quantitative estimate of drug-likeness (QED) is 0.891. The minimum Gasteiger partial charge on any atom is -0.508 e. The number of nitrogens with one attached hydrogen (secondary N) is 1. The van der Waals surface area contributed by atoms with E-state index in [1.54, 1.807) is 6.07 Å². The lowest BCUT2D eigenvalue weighted by Gasteiger charge is -2.32. The van der Waals surface area contributed by atoms with Crippen molar-refractivity contribution >= 4 is 5.78 Å². The fourth-order valence-corrected chi connectivity index (χ4v) is 2.33. The highest BCUT2D eigenvalue weighted by molar-refractivity contribution is 5.89. The zero-order chi connectivity index (χ0) is 16.4. The van der Waals surface area contributed by atoms with E-state index >= 15 is 0 Å². The molecule has 1 rings (SSSR count). The normalized spacial score (nSPS) is 14.0. The first-order chi connectivity index (χ1) is 9.40. The lowest BCUT2D eigenvalue weighted by atomic mass is 9.83. The molecule has 0 saturated heterocycles. The largest absolute Gasteiger partial charge is 0.508 e. The van der Waals surface area contributed by atoms with Gasteiger partial charge >= 0.3 is 0 Å². The first kappa shape index (κ1) is 17.7. The monoisotopic (exact) mass is 291 g/mol. The van der Waals surface area contributed by atoms with Crippen LogP contribution in [-0.2, 0) is 11.2 Å². The topological polar surface area (TPSA) is 49.3 Å². The number of carbonyl (C=O) groups excluding carboxylic acids is 1. The van der Waals surface area contributed by atoms with Crippen molar-refractivity contribution in [3.05, 3.63) is 29.3 Å². The minimum absolute atomic E-state index is 0.127. The van der Waals surface area contributed by atoms with Gasteiger partial charge in [0.05, 0.1) is 6.04 Å². The predicted octanol–water partition coefficient (Wildman–Crippen LogP) is 3.62. The molecule has 1 atom stereocenters. The van der Waals surface area contributed by atoms with E-state index in [0.29, 0.717) is 12.2 Å². The van der Waals surface area contributed by atoms with Crippen LogP contribution in [0.25, 0.3) is 0 Å². The van der Waals surface area contributed by atoms with E-state index in [2.05, 4.69) is 26.1 Å². The van der Waals surface area contributed by atoms with Gasteiger partial charge in [0.15, 0.2) is 5.78 Å². The average molecular weight is 291 g/mol. The lowest BCUT2D eigenvalue weighted by molar-refractivity contribution is -0.128. The molecule has 0 saturated carbocycles. The molecule has 0 aliphatic heterocycles. The zero-order valence-electron chi connectivity index (χ0n) is 14.4. The second-order valence-electron chi connectivity index (χ2n) is 7.89. The Hall–Kier alpha value is -1.35. The second kappa shape index (κ2) is 6.18. The van der Waals surface area contributed by atoms with Gasteiger partial charge in [0.1, 0.15) is 5.75 Å². The number of phenolic OH excluding ortho intramolecular Hbond substituents is 1. The Balaban J connectivity index is 3.01. The molecule has 1 aromatic carbocycles. The summed E-state index contributed by atoms with van der Waals surface area (Å²) in [5.41, 5.74) is 1.39. The number of hydrogen-bond acceptors (Lipinski definition) is 3. The molecule has 0 heterocycles. The molecule has 3 heteroatoms. The van der Waals surface area contributed by atoms with Crippen molar-refractivity contribution in [2.24, 2.45) is 5.41 Å². The van der Waals surface area contributed by atoms with Crippen LogP contribution in [0.3, 0.4) is 0 Å². The maximum atomic E-state index is 12.7. The molecule has 0 unspecified atom stereocenters. The third-order valence-electron chi connectivity index (χ3n) is 3.36. The summed E-state index contributed by atoms with van der Waals surface area (Å²) in [5, 5.41) is 13.1. The molecule has 0 amide bonds. The Labute approximate surface area is 128 Å². The summed E-state index contributed by atoms with van der Waals surface area (Å²) in [6, 6.07) is 5.30. The predicted molar refractivity (Wildman–Crippen MR) is 87.7 cm³/mol. The van der Waals surface area contributed by atoms with E-state index in [9.17, 15) is 9.90 Å². The van der Waals surface area contributed by atoms with Crippen molar-refractivity contribution in [1.82, 2.24) is 5.32 Å².